The molecule has 6 nitrogen and oxygen atoms in total. The maximum atomic E-state index is 13.9. The maximum Gasteiger partial charge on any atom is 0.417 e. The van der Waals surface area contributed by atoms with E-state index in [0.717, 1.165) is 30.3 Å². The third-order valence-electron chi connectivity index (χ3n) is 4.50. The summed E-state index contributed by atoms with van der Waals surface area (Å²) in [6, 6.07) is 9.71. The largest absolute Gasteiger partial charge is 0.493 e. The summed E-state index contributed by atoms with van der Waals surface area (Å²) in [6.45, 7) is 0. The lowest BCUT2D eigenvalue weighted by atomic mass is 9.93. The third kappa shape index (κ3) is 4.48. The smallest absolute Gasteiger partial charge is 0.417 e. The minimum Gasteiger partial charge on any atom is -0.493 e. The fraction of sp³-hybridized carbons (Fsp3) is 0.0909. The summed E-state index contributed by atoms with van der Waals surface area (Å²) in [7, 11) is 1.21. The van der Waals surface area contributed by atoms with Gasteiger partial charge in [-0.25, -0.2) is 4.39 Å². The standard InChI is InChI=1S/C22H16F4N2O4/c1-31-17-10-13(23)5-8-16(17)32-19-14(21(28)30)6-7-15(22(24,25)26)18(19)11-3-2-4-12(9-11)20(27)29/h2-10H,1H3,(H2,27,29)(H2,28,30). The molecule has 0 saturated heterocycles. The molecule has 0 unspecified atom stereocenters. The van der Waals surface area contributed by atoms with Crippen LogP contribution in [0.2, 0.25) is 0 Å². The van der Waals surface area contributed by atoms with E-state index in [-0.39, 0.29) is 28.2 Å². The average Bonchev–Trinajstić information content (AvgIpc) is 2.73. The zero-order valence-corrected chi connectivity index (χ0v) is 16.5. The fourth-order valence-corrected chi connectivity index (χ4v) is 3.07. The van der Waals surface area contributed by atoms with Gasteiger partial charge in [-0.05, 0) is 42.0 Å². The number of carbonyl (C=O) groups is 2. The fourth-order valence-electron chi connectivity index (χ4n) is 3.07. The number of amides is 2. The minimum absolute atomic E-state index is 0.0644. The van der Waals surface area contributed by atoms with Gasteiger partial charge in [0.25, 0.3) is 5.91 Å². The molecular formula is C22H16F4N2O4. The Morgan fingerprint density at radius 2 is 1.62 bits per heavy atom. The number of benzene rings is 3. The highest BCUT2D eigenvalue weighted by Gasteiger charge is 2.37. The first-order valence-electron chi connectivity index (χ1n) is 8.98. The molecular weight excluding hydrogens is 432 g/mol. The second-order valence-corrected chi connectivity index (χ2v) is 6.57. The molecule has 166 valence electrons. The Morgan fingerprint density at radius 3 is 2.22 bits per heavy atom. The second-order valence-electron chi connectivity index (χ2n) is 6.57. The molecule has 0 fully saturated rings. The number of nitrogens with two attached hydrogens (primary N) is 2. The first-order chi connectivity index (χ1) is 15.0. The van der Waals surface area contributed by atoms with E-state index < -0.39 is 40.7 Å². The Kier molecular flexibility index (Phi) is 6.06. The average molecular weight is 448 g/mol. The van der Waals surface area contributed by atoms with Crippen LogP contribution in [0.25, 0.3) is 11.1 Å². The van der Waals surface area contributed by atoms with Crippen LogP contribution in [0.5, 0.6) is 17.2 Å². The van der Waals surface area contributed by atoms with Gasteiger partial charge in [-0.2, -0.15) is 13.2 Å². The lowest BCUT2D eigenvalue weighted by Crippen LogP contribution is -2.16. The van der Waals surface area contributed by atoms with Gasteiger partial charge in [0.05, 0.1) is 18.2 Å². The van der Waals surface area contributed by atoms with Crippen molar-refractivity contribution in [2.24, 2.45) is 11.5 Å². The summed E-state index contributed by atoms with van der Waals surface area (Å²) in [5.74, 6) is -3.45. The van der Waals surface area contributed by atoms with Crippen molar-refractivity contribution in [3.63, 3.8) is 0 Å². The molecule has 3 aromatic rings. The number of ether oxygens (including phenoxy) is 2. The number of alkyl halides is 3. The molecule has 0 atom stereocenters. The molecule has 10 heteroatoms. The lowest BCUT2D eigenvalue weighted by Gasteiger charge is -2.21. The van der Waals surface area contributed by atoms with Gasteiger partial charge in [-0.3, -0.25) is 9.59 Å². The number of hydrogen-bond acceptors (Lipinski definition) is 4. The van der Waals surface area contributed by atoms with E-state index in [1.807, 2.05) is 0 Å². The predicted octanol–water partition coefficient (Wildman–Crippen LogP) is 4.51. The topological polar surface area (TPSA) is 105 Å². The van der Waals surface area contributed by atoms with Crippen LogP contribution >= 0.6 is 0 Å². The second kappa shape index (κ2) is 8.58. The van der Waals surface area contributed by atoms with Crippen LogP contribution < -0.4 is 20.9 Å². The van der Waals surface area contributed by atoms with E-state index in [4.69, 9.17) is 20.9 Å². The number of primary amides is 2. The normalized spacial score (nSPS) is 11.2. The molecule has 0 aromatic heterocycles. The van der Waals surface area contributed by atoms with Crippen molar-refractivity contribution < 1.29 is 36.6 Å². The zero-order valence-electron chi connectivity index (χ0n) is 16.5. The molecule has 4 N–H and O–H groups in total. The van der Waals surface area contributed by atoms with Crippen LogP contribution in [0, 0.1) is 5.82 Å². The zero-order chi connectivity index (χ0) is 23.6. The molecule has 0 aliphatic carbocycles. The Labute approximate surface area is 179 Å². The van der Waals surface area contributed by atoms with E-state index >= 15 is 0 Å². The third-order valence-corrected chi connectivity index (χ3v) is 4.50. The molecule has 2 amide bonds. The molecule has 3 aromatic carbocycles. The van der Waals surface area contributed by atoms with E-state index in [1.165, 1.54) is 25.3 Å². The quantitative estimate of drug-likeness (QED) is 0.542. The molecule has 0 aliphatic rings. The molecule has 0 aliphatic heterocycles. The van der Waals surface area contributed by atoms with Crippen molar-refractivity contribution >= 4 is 11.8 Å². The first-order valence-corrected chi connectivity index (χ1v) is 8.98. The summed E-state index contributed by atoms with van der Waals surface area (Å²) >= 11 is 0. The molecule has 0 radical (unpaired) electrons. The molecule has 3 rings (SSSR count). The summed E-state index contributed by atoms with van der Waals surface area (Å²) in [4.78, 5) is 23.6. The van der Waals surface area contributed by atoms with Crippen LogP contribution in [0.15, 0.2) is 54.6 Å². The molecule has 0 bridgehead atoms. The van der Waals surface area contributed by atoms with Crippen molar-refractivity contribution in [1.29, 1.82) is 0 Å². The number of carbonyl (C=O) groups excluding carboxylic acids is 2. The number of rotatable bonds is 6. The Bertz CT molecular complexity index is 1210. The van der Waals surface area contributed by atoms with Gasteiger partial charge in [-0.1, -0.05) is 12.1 Å². The number of methoxy groups -OCH3 is 1. The van der Waals surface area contributed by atoms with Crippen molar-refractivity contribution in [3.8, 4) is 28.4 Å². The summed E-state index contributed by atoms with van der Waals surface area (Å²) in [5.41, 5.74) is 8.39. The summed E-state index contributed by atoms with van der Waals surface area (Å²) < 4.78 is 66.0. The van der Waals surface area contributed by atoms with E-state index in [1.54, 1.807) is 0 Å². The van der Waals surface area contributed by atoms with E-state index in [9.17, 15) is 27.2 Å². The van der Waals surface area contributed by atoms with Crippen molar-refractivity contribution in [2.75, 3.05) is 7.11 Å². The van der Waals surface area contributed by atoms with Crippen LogP contribution in [-0.4, -0.2) is 18.9 Å². The Morgan fingerprint density at radius 1 is 0.906 bits per heavy atom. The summed E-state index contributed by atoms with van der Waals surface area (Å²) in [5, 5.41) is 0. The number of halogens is 4. The van der Waals surface area contributed by atoms with Crippen LogP contribution in [-0.2, 0) is 6.18 Å². The molecule has 0 saturated carbocycles. The number of hydrogen-bond donors (Lipinski definition) is 2. The van der Waals surface area contributed by atoms with Crippen LogP contribution in [0.4, 0.5) is 17.6 Å². The Balaban J connectivity index is 2.37. The van der Waals surface area contributed by atoms with Gasteiger partial charge in [0.1, 0.15) is 11.6 Å². The monoisotopic (exact) mass is 448 g/mol. The molecule has 0 spiro atoms. The highest BCUT2D eigenvalue weighted by molar-refractivity contribution is 6.00. The van der Waals surface area contributed by atoms with Gasteiger partial charge >= 0.3 is 6.18 Å². The highest BCUT2D eigenvalue weighted by atomic mass is 19.4. The first kappa shape index (κ1) is 22.6. The minimum atomic E-state index is -4.86. The van der Waals surface area contributed by atoms with Gasteiger partial charge in [0.2, 0.25) is 5.91 Å². The molecule has 32 heavy (non-hydrogen) atoms. The van der Waals surface area contributed by atoms with E-state index in [2.05, 4.69) is 0 Å². The van der Waals surface area contributed by atoms with Gasteiger partial charge in [0.15, 0.2) is 11.5 Å². The van der Waals surface area contributed by atoms with E-state index in [0.29, 0.717) is 6.07 Å². The van der Waals surface area contributed by atoms with Crippen molar-refractivity contribution in [2.45, 2.75) is 6.18 Å². The van der Waals surface area contributed by atoms with Crippen LogP contribution in [0.1, 0.15) is 26.3 Å². The summed E-state index contributed by atoms with van der Waals surface area (Å²) in [6.07, 6.45) is -4.86. The van der Waals surface area contributed by atoms with Gasteiger partial charge in [-0.15, -0.1) is 0 Å². The van der Waals surface area contributed by atoms with Gasteiger partial charge < -0.3 is 20.9 Å². The Hall–Kier alpha value is -4.08. The lowest BCUT2D eigenvalue weighted by molar-refractivity contribution is -0.137. The SMILES string of the molecule is COc1cc(F)ccc1Oc1c(C(N)=O)ccc(C(F)(F)F)c1-c1cccc(C(N)=O)c1. The van der Waals surface area contributed by atoms with Gasteiger partial charge in [0, 0.05) is 17.2 Å². The van der Waals surface area contributed by atoms with Crippen molar-refractivity contribution in [3.05, 3.63) is 77.1 Å². The molecule has 0 heterocycles. The van der Waals surface area contributed by atoms with Crippen LogP contribution in [0.3, 0.4) is 0 Å². The predicted molar refractivity (Wildman–Crippen MR) is 107 cm³/mol. The van der Waals surface area contributed by atoms with Crippen molar-refractivity contribution in [1.82, 2.24) is 0 Å². The highest BCUT2D eigenvalue weighted by Crippen LogP contribution is 2.46. The maximum absolute atomic E-state index is 13.9.